The van der Waals surface area contributed by atoms with Gasteiger partial charge in [0.1, 0.15) is 17.5 Å². The quantitative estimate of drug-likeness (QED) is 0.759. The highest BCUT2D eigenvalue weighted by Crippen LogP contribution is 2.31. The van der Waals surface area contributed by atoms with Gasteiger partial charge in [-0.2, -0.15) is 13.2 Å². The lowest BCUT2D eigenvalue weighted by molar-refractivity contribution is -0.150. The van der Waals surface area contributed by atoms with Gasteiger partial charge in [-0.25, -0.2) is 14.0 Å². The first kappa shape index (κ1) is 20.8. The molecule has 1 fully saturated rings. The molecule has 2 N–H and O–H groups in total. The molecule has 10 heteroatoms. The Bertz CT molecular complexity index is 731. The number of amides is 3. The summed E-state index contributed by atoms with van der Waals surface area (Å²) in [5.74, 6) is -0.794. The molecule has 1 aromatic carbocycles. The predicted octanol–water partition coefficient (Wildman–Crippen LogP) is 4.19. The van der Waals surface area contributed by atoms with E-state index < -0.39 is 48.3 Å². The zero-order valence-corrected chi connectivity index (χ0v) is 15.3. The van der Waals surface area contributed by atoms with Crippen LogP contribution in [0.1, 0.15) is 39.3 Å². The summed E-state index contributed by atoms with van der Waals surface area (Å²) < 4.78 is 57.6. The first-order valence-electron chi connectivity index (χ1n) is 8.21. The van der Waals surface area contributed by atoms with Gasteiger partial charge >= 0.3 is 18.3 Å². The van der Waals surface area contributed by atoms with Crippen LogP contribution >= 0.6 is 0 Å². The molecule has 3 amide bonds. The van der Waals surface area contributed by atoms with Crippen LogP contribution in [0.15, 0.2) is 18.2 Å². The van der Waals surface area contributed by atoms with Gasteiger partial charge < -0.3 is 15.0 Å². The molecule has 6 nitrogen and oxygen atoms in total. The number of carbonyl (C=O) groups is 2. The standard InChI is InChI=1S/C17H21F4N3O3/c1-9(24-8-13(17(19,20)21)23-14(24)25)10-5-6-12(11(18)7-10)22-15(26)27-16(2,3)4/h5-7,9,13H,8H2,1-4H3,(H,22,26)(H,23,25)/t9-,13-/m0/s1. The second kappa shape index (κ2) is 7.24. The molecule has 27 heavy (non-hydrogen) atoms. The molecular weight excluding hydrogens is 370 g/mol. The molecule has 1 heterocycles. The molecule has 2 atom stereocenters. The van der Waals surface area contributed by atoms with Crippen molar-refractivity contribution in [3.8, 4) is 0 Å². The van der Waals surface area contributed by atoms with E-state index in [2.05, 4.69) is 5.32 Å². The number of halogens is 4. The Morgan fingerprint density at radius 1 is 1.33 bits per heavy atom. The highest BCUT2D eigenvalue weighted by atomic mass is 19.4. The van der Waals surface area contributed by atoms with Gasteiger partial charge in [-0.05, 0) is 45.4 Å². The summed E-state index contributed by atoms with van der Waals surface area (Å²) in [6.07, 6.45) is -5.40. The number of nitrogens with one attached hydrogen (secondary N) is 2. The van der Waals surface area contributed by atoms with E-state index in [1.54, 1.807) is 20.8 Å². The highest BCUT2D eigenvalue weighted by molar-refractivity contribution is 5.85. The van der Waals surface area contributed by atoms with Crippen LogP contribution in [0.3, 0.4) is 0 Å². The third kappa shape index (κ3) is 5.24. The minimum atomic E-state index is -4.56. The van der Waals surface area contributed by atoms with Crippen molar-refractivity contribution in [2.45, 2.75) is 51.6 Å². The van der Waals surface area contributed by atoms with Crippen LogP contribution in [0, 0.1) is 5.82 Å². The molecule has 1 saturated heterocycles. The molecule has 2 rings (SSSR count). The fourth-order valence-electron chi connectivity index (χ4n) is 2.56. The summed E-state index contributed by atoms with van der Waals surface area (Å²) in [7, 11) is 0. The fourth-order valence-corrected chi connectivity index (χ4v) is 2.56. The second-order valence-electron chi connectivity index (χ2n) is 7.24. The highest BCUT2D eigenvalue weighted by Gasteiger charge is 2.48. The van der Waals surface area contributed by atoms with Crippen LogP contribution in [-0.4, -0.2) is 41.4 Å². The van der Waals surface area contributed by atoms with Gasteiger partial charge in [-0.1, -0.05) is 6.07 Å². The lowest BCUT2D eigenvalue weighted by atomic mass is 10.1. The maximum Gasteiger partial charge on any atom is 0.412 e. The number of benzene rings is 1. The van der Waals surface area contributed by atoms with E-state index >= 15 is 0 Å². The van der Waals surface area contributed by atoms with Crippen molar-refractivity contribution >= 4 is 17.8 Å². The van der Waals surface area contributed by atoms with Gasteiger partial charge in [0, 0.05) is 0 Å². The number of carbonyl (C=O) groups excluding carboxylic acids is 2. The molecule has 1 aliphatic heterocycles. The third-order valence-electron chi connectivity index (χ3n) is 3.91. The first-order valence-corrected chi connectivity index (χ1v) is 8.21. The zero-order valence-electron chi connectivity index (χ0n) is 15.3. The fraction of sp³-hybridized carbons (Fsp3) is 0.529. The summed E-state index contributed by atoms with van der Waals surface area (Å²) in [6.45, 7) is 5.90. The van der Waals surface area contributed by atoms with Crippen LogP contribution in [0.5, 0.6) is 0 Å². The zero-order chi connectivity index (χ0) is 20.6. The summed E-state index contributed by atoms with van der Waals surface area (Å²) in [4.78, 5) is 24.5. The monoisotopic (exact) mass is 391 g/mol. The molecule has 0 spiro atoms. The minimum absolute atomic E-state index is 0.140. The van der Waals surface area contributed by atoms with Crippen molar-refractivity contribution in [2.75, 3.05) is 11.9 Å². The third-order valence-corrected chi connectivity index (χ3v) is 3.91. The largest absolute Gasteiger partial charge is 0.444 e. The molecule has 0 unspecified atom stereocenters. The lowest BCUT2D eigenvalue weighted by Crippen LogP contribution is -2.40. The van der Waals surface area contributed by atoms with Gasteiger partial charge in [0.15, 0.2) is 0 Å². The summed E-state index contributed by atoms with van der Waals surface area (Å²) >= 11 is 0. The van der Waals surface area contributed by atoms with Crippen LogP contribution in [0.4, 0.5) is 32.8 Å². The van der Waals surface area contributed by atoms with E-state index in [1.165, 1.54) is 19.1 Å². The van der Waals surface area contributed by atoms with Gasteiger partial charge in [0.05, 0.1) is 18.3 Å². The van der Waals surface area contributed by atoms with Crippen molar-refractivity contribution in [3.63, 3.8) is 0 Å². The van der Waals surface area contributed by atoms with E-state index in [4.69, 9.17) is 4.74 Å². The molecule has 1 aromatic rings. The first-order chi connectivity index (χ1) is 12.3. The van der Waals surface area contributed by atoms with E-state index in [0.717, 1.165) is 11.0 Å². The Morgan fingerprint density at radius 3 is 2.44 bits per heavy atom. The number of hydrogen-bond donors (Lipinski definition) is 2. The maximum atomic E-state index is 14.3. The minimum Gasteiger partial charge on any atom is -0.444 e. The number of hydrogen-bond acceptors (Lipinski definition) is 3. The van der Waals surface area contributed by atoms with Crippen LogP contribution in [0.2, 0.25) is 0 Å². The Kier molecular flexibility index (Phi) is 5.58. The van der Waals surface area contributed by atoms with Crippen LogP contribution < -0.4 is 10.6 Å². The summed E-state index contributed by atoms with van der Waals surface area (Å²) in [5.41, 5.74) is -0.605. The Hall–Kier alpha value is -2.52. The molecule has 150 valence electrons. The lowest BCUT2D eigenvalue weighted by Gasteiger charge is -2.24. The topological polar surface area (TPSA) is 70.7 Å². The number of urea groups is 1. The normalized spacial score (nSPS) is 18.9. The van der Waals surface area contributed by atoms with Crippen molar-refractivity contribution in [2.24, 2.45) is 0 Å². The number of alkyl halides is 3. The van der Waals surface area contributed by atoms with Gasteiger partial charge in [-0.3, -0.25) is 5.32 Å². The number of ether oxygens (including phenoxy) is 1. The predicted molar refractivity (Wildman–Crippen MR) is 89.8 cm³/mol. The molecule has 0 bridgehead atoms. The van der Waals surface area contributed by atoms with Gasteiger partial charge in [0.25, 0.3) is 0 Å². The van der Waals surface area contributed by atoms with E-state index in [0.29, 0.717) is 5.56 Å². The number of rotatable bonds is 3. The Balaban J connectivity index is 2.11. The van der Waals surface area contributed by atoms with Crippen molar-refractivity contribution in [1.29, 1.82) is 0 Å². The van der Waals surface area contributed by atoms with Crippen molar-refractivity contribution < 1.29 is 31.9 Å². The van der Waals surface area contributed by atoms with Crippen molar-refractivity contribution in [1.82, 2.24) is 10.2 Å². The second-order valence-corrected chi connectivity index (χ2v) is 7.24. The van der Waals surface area contributed by atoms with Gasteiger partial charge in [0.2, 0.25) is 0 Å². The van der Waals surface area contributed by atoms with Gasteiger partial charge in [-0.15, -0.1) is 0 Å². The average Bonchev–Trinajstić information content (AvgIpc) is 2.88. The van der Waals surface area contributed by atoms with Crippen LogP contribution in [0.25, 0.3) is 0 Å². The smallest absolute Gasteiger partial charge is 0.412 e. The molecule has 0 radical (unpaired) electrons. The average molecular weight is 391 g/mol. The molecule has 0 aromatic heterocycles. The number of nitrogens with zero attached hydrogens (tertiary/aromatic N) is 1. The summed E-state index contributed by atoms with van der Waals surface area (Å²) in [6, 6.07) is 0.120. The Morgan fingerprint density at radius 2 is 1.96 bits per heavy atom. The molecule has 0 saturated carbocycles. The SMILES string of the molecule is C[C@@H](c1ccc(NC(=O)OC(C)(C)C)c(F)c1)N1C[C@@H](C(F)(F)F)NC1=O. The van der Waals surface area contributed by atoms with E-state index in [1.807, 2.05) is 5.32 Å². The summed E-state index contributed by atoms with van der Waals surface area (Å²) in [5, 5.41) is 4.12. The van der Waals surface area contributed by atoms with E-state index in [-0.39, 0.29) is 5.69 Å². The molecular formula is C17H21F4N3O3. The molecule has 0 aliphatic carbocycles. The van der Waals surface area contributed by atoms with Crippen molar-refractivity contribution in [3.05, 3.63) is 29.6 Å². The molecule has 1 aliphatic rings. The van der Waals surface area contributed by atoms with E-state index in [9.17, 15) is 27.2 Å². The maximum absolute atomic E-state index is 14.3. The van der Waals surface area contributed by atoms with Crippen LogP contribution in [-0.2, 0) is 4.74 Å². The number of anilines is 1. The Labute approximate surface area is 153 Å².